The van der Waals surface area contributed by atoms with Crippen LogP contribution in [0.5, 0.6) is 5.75 Å². The predicted octanol–water partition coefficient (Wildman–Crippen LogP) is 2.53. The van der Waals surface area contributed by atoms with Crippen molar-refractivity contribution in [3.05, 3.63) is 28.2 Å². The predicted molar refractivity (Wildman–Crippen MR) is 76.2 cm³/mol. The molecule has 1 saturated heterocycles. The van der Waals surface area contributed by atoms with Crippen LogP contribution in [0.3, 0.4) is 0 Å². The number of carbonyl (C=O) groups excluding carboxylic acids is 1. The maximum Gasteiger partial charge on any atom is 0.254 e. The Hall–Kier alpha value is -1.07. The number of carbonyl (C=O) groups is 1. The van der Waals surface area contributed by atoms with Crippen molar-refractivity contribution in [1.29, 1.82) is 0 Å². The van der Waals surface area contributed by atoms with Gasteiger partial charge in [-0.15, -0.1) is 0 Å². The number of benzene rings is 1. The number of aliphatic hydroxyl groups is 1. The molecule has 4 nitrogen and oxygen atoms in total. The highest BCUT2D eigenvalue weighted by molar-refractivity contribution is 9.10. The average molecular weight is 328 g/mol. The molecule has 1 amide bonds. The zero-order chi connectivity index (χ0) is 13.8. The minimum Gasteiger partial charge on any atom is -0.507 e. The van der Waals surface area contributed by atoms with E-state index in [1.165, 1.54) is 6.07 Å². The number of rotatable bonds is 4. The fourth-order valence-electron chi connectivity index (χ4n) is 2.54. The number of phenolic OH excluding ortho intramolecular Hbond substituents is 1. The van der Waals surface area contributed by atoms with Crippen LogP contribution in [0.25, 0.3) is 0 Å². The maximum absolute atomic E-state index is 12.4. The minimum absolute atomic E-state index is 0.0387. The van der Waals surface area contributed by atoms with Gasteiger partial charge >= 0.3 is 0 Å². The van der Waals surface area contributed by atoms with Gasteiger partial charge in [0.1, 0.15) is 5.75 Å². The first-order valence-corrected chi connectivity index (χ1v) is 7.33. The summed E-state index contributed by atoms with van der Waals surface area (Å²) < 4.78 is 0.585. The Morgan fingerprint density at radius 1 is 1.47 bits per heavy atom. The molecule has 0 spiro atoms. The van der Waals surface area contributed by atoms with Crippen molar-refractivity contribution in [2.24, 2.45) is 0 Å². The molecule has 0 aromatic heterocycles. The summed E-state index contributed by atoms with van der Waals surface area (Å²) in [5.41, 5.74) is 0.511. The van der Waals surface area contributed by atoms with Crippen molar-refractivity contribution in [1.82, 2.24) is 4.90 Å². The van der Waals surface area contributed by atoms with Crippen LogP contribution >= 0.6 is 15.9 Å². The molecular weight excluding hydrogens is 310 g/mol. The lowest BCUT2D eigenvalue weighted by Crippen LogP contribution is -2.35. The quantitative estimate of drug-likeness (QED) is 0.893. The smallest absolute Gasteiger partial charge is 0.254 e. The molecule has 0 radical (unpaired) electrons. The fraction of sp³-hybridized carbons (Fsp3) is 0.500. The van der Waals surface area contributed by atoms with E-state index in [0.29, 0.717) is 10.0 Å². The Kier molecular flexibility index (Phi) is 4.82. The Labute approximate surface area is 121 Å². The minimum atomic E-state index is -0.0387. The summed E-state index contributed by atoms with van der Waals surface area (Å²) in [7, 11) is 0. The second kappa shape index (κ2) is 6.39. The van der Waals surface area contributed by atoms with Crippen molar-refractivity contribution in [3.8, 4) is 5.75 Å². The third kappa shape index (κ3) is 3.28. The van der Waals surface area contributed by atoms with Crippen molar-refractivity contribution in [3.63, 3.8) is 0 Å². The molecule has 1 aliphatic rings. The number of hydrogen-bond acceptors (Lipinski definition) is 3. The molecule has 1 aromatic carbocycles. The number of hydrogen-bond donors (Lipinski definition) is 2. The van der Waals surface area contributed by atoms with Gasteiger partial charge in [-0.3, -0.25) is 4.79 Å². The van der Waals surface area contributed by atoms with Gasteiger partial charge in [-0.05, 0) is 59.8 Å². The summed E-state index contributed by atoms with van der Waals surface area (Å²) in [6.45, 7) is 0.920. The molecule has 0 unspecified atom stereocenters. The molecular formula is C14H18BrNO3. The van der Waals surface area contributed by atoms with Gasteiger partial charge in [-0.1, -0.05) is 0 Å². The molecule has 19 heavy (non-hydrogen) atoms. The molecule has 1 aromatic rings. The van der Waals surface area contributed by atoms with E-state index in [1.807, 2.05) is 4.90 Å². The van der Waals surface area contributed by atoms with Gasteiger partial charge in [0, 0.05) is 24.8 Å². The number of nitrogens with zero attached hydrogens (tertiary/aromatic N) is 1. The Bertz CT molecular complexity index is 464. The van der Waals surface area contributed by atoms with Crippen molar-refractivity contribution in [2.45, 2.75) is 31.7 Å². The molecule has 2 rings (SSSR count). The number of aromatic hydroxyl groups is 1. The molecule has 1 aliphatic heterocycles. The SMILES string of the molecule is O=C(c1ccc(Br)c(O)c1)N1CCC[C@H]1CCCO. The first kappa shape index (κ1) is 14.3. The van der Waals surface area contributed by atoms with E-state index < -0.39 is 0 Å². The standard InChI is InChI=1S/C14H18BrNO3/c15-12-6-5-10(9-13(12)18)14(19)16-7-1-3-11(16)4-2-8-17/h5-6,9,11,17-18H,1-4,7-8H2/t11-/m0/s1. The molecule has 1 heterocycles. The summed E-state index contributed by atoms with van der Waals surface area (Å²) in [5.74, 6) is 0.0418. The number of halogens is 1. The zero-order valence-electron chi connectivity index (χ0n) is 10.7. The van der Waals surface area contributed by atoms with Crippen LogP contribution in [-0.4, -0.2) is 40.2 Å². The molecule has 2 N–H and O–H groups in total. The summed E-state index contributed by atoms with van der Waals surface area (Å²) in [4.78, 5) is 14.3. The van der Waals surface area contributed by atoms with E-state index in [-0.39, 0.29) is 24.3 Å². The summed E-state index contributed by atoms with van der Waals surface area (Å²) in [6, 6.07) is 5.11. The Morgan fingerprint density at radius 3 is 2.95 bits per heavy atom. The van der Waals surface area contributed by atoms with E-state index in [4.69, 9.17) is 5.11 Å². The zero-order valence-corrected chi connectivity index (χ0v) is 12.3. The molecule has 5 heteroatoms. The summed E-state index contributed by atoms with van der Waals surface area (Å²) >= 11 is 3.21. The number of amides is 1. The van der Waals surface area contributed by atoms with Crippen LogP contribution in [0.2, 0.25) is 0 Å². The van der Waals surface area contributed by atoms with E-state index >= 15 is 0 Å². The van der Waals surface area contributed by atoms with Gasteiger partial charge in [0.15, 0.2) is 0 Å². The van der Waals surface area contributed by atoms with Gasteiger partial charge in [0.05, 0.1) is 4.47 Å². The third-order valence-electron chi connectivity index (χ3n) is 3.53. The lowest BCUT2D eigenvalue weighted by atomic mass is 10.1. The van der Waals surface area contributed by atoms with Crippen molar-refractivity contribution < 1.29 is 15.0 Å². The Balaban J connectivity index is 2.11. The monoisotopic (exact) mass is 327 g/mol. The van der Waals surface area contributed by atoms with E-state index in [1.54, 1.807) is 12.1 Å². The fourth-order valence-corrected chi connectivity index (χ4v) is 2.79. The summed E-state index contributed by atoms with van der Waals surface area (Å²) in [6.07, 6.45) is 3.56. The number of phenols is 1. The first-order chi connectivity index (χ1) is 9.13. The van der Waals surface area contributed by atoms with Gasteiger partial charge < -0.3 is 15.1 Å². The van der Waals surface area contributed by atoms with Gasteiger partial charge in [-0.2, -0.15) is 0 Å². The largest absolute Gasteiger partial charge is 0.507 e. The van der Waals surface area contributed by atoms with Crippen molar-refractivity contribution >= 4 is 21.8 Å². The lowest BCUT2D eigenvalue weighted by Gasteiger charge is -2.24. The van der Waals surface area contributed by atoms with E-state index in [9.17, 15) is 9.90 Å². The molecule has 104 valence electrons. The second-order valence-electron chi connectivity index (χ2n) is 4.83. The highest BCUT2D eigenvalue weighted by atomic mass is 79.9. The average Bonchev–Trinajstić information content (AvgIpc) is 2.87. The van der Waals surface area contributed by atoms with E-state index in [2.05, 4.69) is 15.9 Å². The number of aliphatic hydroxyl groups excluding tert-OH is 1. The highest BCUT2D eigenvalue weighted by Gasteiger charge is 2.29. The Morgan fingerprint density at radius 2 is 2.26 bits per heavy atom. The molecule has 1 fully saturated rings. The van der Waals surface area contributed by atoms with Crippen LogP contribution in [0.1, 0.15) is 36.0 Å². The van der Waals surface area contributed by atoms with Gasteiger partial charge in [0.2, 0.25) is 0 Å². The molecule has 0 aliphatic carbocycles. The number of likely N-dealkylation sites (tertiary alicyclic amines) is 1. The first-order valence-electron chi connectivity index (χ1n) is 6.54. The summed E-state index contributed by atoms with van der Waals surface area (Å²) in [5, 5.41) is 18.5. The van der Waals surface area contributed by atoms with E-state index in [0.717, 1.165) is 32.2 Å². The maximum atomic E-state index is 12.4. The normalized spacial score (nSPS) is 18.8. The topological polar surface area (TPSA) is 60.8 Å². The van der Waals surface area contributed by atoms with Gasteiger partial charge in [-0.25, -0.2) is 0 Å². The molecule has 0 saturated carbocycles. The lowest BCUT2D eigenvalue weighted by molar-refractivity contribution is 0.0724. The second-order valence-corrected chi connectivity index (χ2v) is 5.68. The van der Waals surface area contributed by atoms with Crippen LogP contribution in [0.15, 0.2) is 22.7 Å². The third-order valence-corrected chi connectivity index (χ3v) is 4.20. The molecule has 0 bridgehead atoms. The highest BCUT2D eigenvalue weighted by Crippen LogP contribution is 2.28. The van der Waals surface area contributed by atoms with Crippen LogP contribution in [-0.2, 0) is 0 Å². The van der Waals surface area contributed by atoms with Crippen molar-refractivity contribution in [2.75, 3.05) is 13.2 Å². The van der Waals surface area contributed by atoms with Crippen LogP contribution in [0.4, 0.5) is 0 Å². The molecule has 1 atom stereocenters. The van der Waals surface area contributed by atoms with Crippen LogP contribution in [0, 0.1) is 0 Å². The van der Waals surface area contributed by atoms with Gasteiger partial charge in [0.25, 0.3) is 5.91 Å². The van der Waals surface area contributed by atoms with Crippen LogP contribution < -0.4 is 0 Å².